The summed E-state index contributed by atoms with van der Waals surface area (Å²) in [5.74, 6) is 1.36. The molecule has 0 bridgehead atoms. The number of nitrogens with zero attached hydrogens (tertiary/aromatic N) is 3. The van der Waals surface area contributed by atoms with E-state index in [0.29, 0.717) is 18.3 Å². The second kappa shape index (κ2) is 4.78. The lowest BCUT2D eigenvalue weighted by Crippen LogP contribution is -2.43. The first-order valence-corrected chi connectivity index (χ1v) is 6.97. The number of anilines is 1. The van der Waals surface area contributed by atoms with E-state index in [1.165, 1.54) is 11.3 Å². The minimum absolute atomic E-state index is 0.0742. The maximum absolute atomic E-state index is 5.66. The Morgan fingerprint density at radius 2 is 1.90 bits per heavy atom. The van der Waals surface area contributed by atoms with Crippen LogP contribution in [-0.2, 0) is 13.0 Å². The number of fused-ring (bicyclic) bond motifs is 1. The van der Waals surface area contributed by atoms with Gasteiger partial charge >= 0.3 is 0 Å². The number of aryl methyl sites for hydroxylation is 1. The average Bonchev–Trinajstić information content (AvgIpc) is 2.90. The Hall–Kier alpha value is -2.10. The largest absolute Gasteiger partial charge is 0.423 e. The fourth-order valence-corrected chi connectivity index (χ4v) is 2.49. The topological polar surface area (TPSA) is 42.2 Å². The van der Waals surface area contributed by atoms with Crippen molar-refractivity contribution < 1.29 is 4.42 Å². The van der Waals surface area contributed by atoms with Crippen molar-refractivity contribution in [1.82, 2.24) is 10.2 Å². The van der Waals surface area contributed by atoms with Crippen molar-refractivity contribution in [3.05, 3.63) is 47.7 Å². The first-order valence-electron chi connectivity index (χ1n) is 6.97. The van der Waals surface area contributed by atoms with Crippen LogP contribution in [0.3, 0.4) is 0 Å². The van der Waals surface area contributed by atoms with Crippen molar-refractivity contribution in [3.63, 3.8) is 0 Å². The van der Waals surface area contributed by atoms with Crippen LogP contribution in [0.4, 0.5) is 5.69 Å². The van der Waals surface area contributed by atoms with Crippen LogP contribution in [-0.4, -0.2) is 15.7 Å². The van der Waals surface area contributed by atoms with Gasteiger partial charge in [0.1, 0.15) is 0 Å². The summed E-state index contributed by atoms with van der Waals surface area (Å²) in [6.07, 6.45) is 5.16. The van der Waals surface area contributed by atoms with Gasteiger partial charge in [-0.25, -0.2) is 0 Å². The summed E-state index contributed by atoms with van der Waals surface area (Å²) in [6.45, 7) is 7.02. The van der Waals surface area contributed by atoms with Gasteiger partial charge in [-0.1, -0.05) is 37.3 Å². The lowest BCUT2D eigenvalue weighted by molar-refractivity contribution is 0.429. The molecule has 0 aliphatic carbocycles. The van der Waals surface area contributed by atoms with E-state index in [9.17, 15) is 0 Å². The molecular formula is C16H19N3O. The lowest BCUT2D eigenvalue weighted by atomic mass is 9.93. The maximum Gasteiger partial charge on any atom is 0.235 e. The molecular weight excluding hydrogens is 250 g/mol. The summed E-state index contributed by atoms with van der Waals surface area (Å²) in [6, 6.07) is 8.38. The third-order valence-electron chi connectivity index (χ3n) is 3.70. The SMILES string of the molecule is CCc1nnc(CN2c3ccccc3C=CC2(C)C)o1. The highest BCUT2D eigenvalue weighted by molar-refractivity contribution is 5.73. The van der Waals surface area contributed by atoms with Gasteiger partial charge in [-0.05, 0) is 25.5 Å². The number of hydrogen-bond donors (Lipinski definition) is 0. The Bertz CT molecular complexity index is 643. The smallest absolute Gasteiger partial charge is 0.235 e. The van der Waals surface area contributed by atoms with Gasteiger partial charge in [0.05, 0.1) is 12.1 Å². The second-order valence-electron chi connectivity index (χ2n) is 5.58. The molecule has 20 heavy (non-hydrogen) atoms. The molecule has 0 radical (unpaired) electrons. The molecule has 2 heterocycles. The van der Waals surface area contributed by atoms with E-state index >= 15 is 0 Å². The van der Waals surface area contributed by atoms with E-state index in [2.05, 4.69) is 65.4 Å². The van der Waals surface area contributed by atoms with E-state index in [4.69, 9.17) is 4.42 Å². The van der Waals surface area contributed by atoms with Crippen molar-refractivity contribution in [3.8, 4) is 0 Å². The molecule has 0 amide bonds. The van der Waals surface area contributed by atoms with Crippen molar-refractivity contribution >= 4 is 11.8 Å². The molecule has 1 aromatic heterocycles. The molecule has 0 atom stereocenters. The molecule has 1 aromatic carbocycles. The van der Waals surface area contributed by atoms with Crippen molar-refractivity contribution in [2.24, 2.45) is 0 Å². The Morgan fingerprint density at radius 1 is 1.15 bits per heavy atom. The average molecular weight is 269 g/mol. The van der Waals surface area contributed by atoms with E-state index in [1.807, 2.05) is 6.92 Å². The monoisotopic (exact) mass is 269 g/mol. The third kappa shape index (κ3) is 2.22. The van der Waals surface area contributed by atoms with Crippen LogP contribution in [0, 0.1) is 0 Å². The van der Waals surface area contributed by atoms with Crippen LogP contribution >= 0.6 is 0 Å². The summed E-state index contributed by atoms with van der Waals surface area (Å²) >= 11 is 0. The van der Waals surface area contributed by atoms with E-state index in [0.717, 1.165) is 6.42 Å². The standard InChI is InChI=1S/C16H19N3O/c1-4-14-17-18-15(20-14)11-19-13-8-6-5-7-12(13)9-10-16(19,2)3/h5-10H,4,11H2,1-3H3. The van der Waals surface area contributed by atoms with E-state index < -0.39 is 0 Å². The molecule has 0 spiro atoms. The molecule has 0 N–H and O–H groups in total. The van der Waals surface area contributed by atoms with Crippen LogP contribution in [0.1, 0.15) is 38.1 Å². The minimum atomic E-state index is -0.0742. The first-order chi connectivity index (χ1) is 9.60. The molecule has 2 aromatic rings. The van der Waals surface area contributed by atoms with E-state index in [1.54, 1.807) is 0 Å². The lowest BCUT2D eigenvalue weighted by Gasteiger charge is -2.41. The molecule has 4 nitrogen and oxygen atoms in total. The Morgan fingerprint density at radius 3 is 2.65 bits per heavy atom. The van der Waals surface area contributed by atoms with Gasteiger partial charge in [0.2, 0.25) is 11.8 Å². The fraction of sp³-hybridized carbons (Fsp3) is 0.375. The minimum Gasteiger partial charge on any atom is -0.423 e. The highest BCUT2D eigenvalue weighted by Gasteiger charge is 2.30. The van der Waals surface area contributed by atoms with Gasteiger partial charge in [-0.15, -0.1) is 10.2 Å². The van der Waals surface area contributed by atoms with Crippen molar-refractivity contribution in [1.29, 1.82) is 0 Å². The zero-order chi connectivity index (χ0) is 14.2. The Balaban J connectivity index is 1.95. The Kier molecular flexibility index (Phi) is 3.08. The number of para-hydroxylation sites is 1. The molecule has 4 heteroatoms. The molecule has 0 fully saturated rings. The normalized spacial score (nSPS) is 16.2. The Labute approximate surface area is 119 Å². The highest BCUT2D eigenvalue weighted by Crippen LogP contribution is 2.35. The second-order valence-corrected chi connectivity index (χ2v) is 5.58. The van der Waals surface area contributed by atoms with E-state index in [-0.39, 0.29) is 5.54 Å². The first kappa shape index (κ1) is 12.9. The van der Waals surface area contributed by atoms with Crippen LogP contribution in [0.25, 0.3) is 6.08 Å². The summed E-state index contributed by atoms with van der Waals surface area (Å²) < 4.78 is 5.66. The fourth-order valence-electron chi connectivity index (χ4n) is 2.49. The highest BCUT2D eigenvalue weighted by atomic mass is 16.4. The van der Waals surface area contributed by atoms with Gasteiger partial charge in [0, 0.05) is 12.1 Å². The van der Waals surface area contributed by atoms with Gasteiger partial charge in [-0.2, -0.15) is 0 Å². The van der Waals surface area contributed by atoms with Crippen LogP contribution < -0.4 is 4.90 Å². The maximum atomic E-state index is 5.66. The zero-order valence-electron chi connectivity index (χ0n) is 12.1. The predicted molar refractivity (Wildman–Crippen MR) is 79.4 cm³/mol. The molecule has 1 aliphatic rings. The van der Waals surface area contributed by atoms with Gasteiger partial charge < -0.3 is 9.32 Å². The molecule has 0 saturated heterocycles. The van der Waals surface area contributed by atoms with Crippen LogP contribution in [0.5, 0.6) is 0 Å². The van der Waals surface area contributed by atoms with Gasteiger partial charge in [-0.3, -0.25) is 0 Å². The van der Waals surface area contributed by atoms with Crippen LogP contribution in [0.15, 0.2) is 34.8 Å². The number of benzene rings is 1. The molecule has 0 unspecified atom stereocenters. The molecule has 0 saturated carbocycles. The quantitative estimate of drug-likeness (QED) is 0.856. The summed E-state index contributed by atoms with van der Waals surface area (Å²) in [5, 5.41) is 8.18. The molecule has 3 rings (SSSR count). The number of hydrogen-bond acceptors (Lipinski definition) is 4. The molecule has 104 valence electrons. The van der Waals surface area contributed by atoms with Gasteiger partial charge in [0.15, 0.2) is 0 Å². The summed E-state index contributed by atoms with van der Waals surface area (Å²) in [5.41, 5.74) is 2.35. The van der Waals surface area contributed by atoms with Crippen LogP contribution in [0.2, 0.25) is 0 Å². The summed E-state index contributed by atoms with van der Waals surface area (Å²) in [4.78, 5) is 2.30. The third-order valence-corrected chi connectivity index (χ3v) is 3.70. The van der Waals surface area contributed by atoms with Crippen molar-refractivity contribution in [2.45, 2.75) is 39.3 Å². The number of rotatable bonds is 3. The van der Waals surface area contributed by atoms with Crippen molar-refractivity contribution in [2.75, 3.05) is 4.90 Å². The zero-order valence-corrected chi connectivity index (χ0v) is 12.1. The molecule has 1 aliphatic heterocycles. The van der Waals surface area contributed by atoms with Gasteiger partial charge in [0.25, 0.3) is 0 Å². The predicted octanol–water partition coefficient (Wildman–Crippen LogP) is 3.44. The summed E-state index contributed by atoms with van der Waals surface area (Å²) in [7, 11) is 0. The number of aromatic nitrogens is 2.